The Morgan fingerprint density at radius 1 is 1.13 bits per heavy atom. The van der Waals surface area contributed by atoms with E-state index in [0.29, 0.717) is 42.3 Å². The summed E-state index contributed by atoms with van der Waals surface area (Å²) >= 11 is 12.5. The molecule has 3 aliphatic rings. The molecule has 0 unspecified atom stereocenters. The number of anilines is 1. The van der Waals surface area contributed by atoms with Gasteiger partial charge in [0, 0.05) is 42.3 Å². The zero-order valence-corrected chi connectivity index (χ0v) is 26.1. The minimum absolute atomic E-state index is 0.0772. The SMILES string of the molecule is CC(C)(C)C[C@H]1N[C@@H](C(=O)NC2CN(CCF)C2)[C@H](c2cccc(Cl)c2F)[C@@]12C(=O)Nc1cc(Cl)ccc12.O=C(O)C(F)(F)F. The van der Waals surface area contributed by atoms with Gasteiger partial charge in [0.25, 0.3) is 0 Å². The summed E-state index contributed by atoms with van der Waals surface area (Å²) in [5.41, 5.74) is -0.0829. The van der Waals surface area contributed by atoms with Crippen LogP contribution in [0.25, 0.3) is 0 Å². The first-order chi connectivity index (χ1) is 20.9. The third-order valence-corrected chi connectivity index (χ3v) is 8.69. The second-order valence-corrected chi connectivity index (χ2v) is 13.4. The number of alkyl halides is 4. The van der Waals surface area contributed by atoms with Gasteiger partial charge < -0.3 is 21.1 Å². The van der Waals surface area contributed by atoms with Gasteiger partial charge in [-0.05, 0) is 41.2 Å². The summed E-state index contributed by atoms with van der Waals surface area (Å²) in [6.07, 6.45) is -4.54. The predicted molar refractivity (Wildman–Crippen MR) is 159 cm³/mol. The maximum Gasteiger partial charge on any atom is 0.490 e. The van der Waals surface area contributed by atoms with Gasteiger partial charge >= 0.3 is 12.1 Å². The number of halogens is 7. The molecule has 2 saturated heterocycles. The summed E-state index contributed by atoms with van der Waals surface area (Å²) in [6.45, 7) is 7.14. The van der Waals surface area contributed by atoms with E-state index >= 15 is 4.39 Å². The van der Waals surface area contributed by atoms with E-state index in [4.69, 9.17) is 33.1 Å². The van der Waals surface area contributed by atoms with E-state index in [1.54, 1.807) is 30.3 Å². The molecule has 0 saturated carbocycles. The lowest BCUT2D eigenvalue weighted by molar-refractivity contribution is -0.192. The molecule has 2 amide bonds. The van der Waals surface area contributed by atoms with Gasteiger partial charge in [0.05, 0.1) is 17.1 Å². The van der Waals surface area contributed by atoms with Gasteiger partial charge in [0.1, 0.15) is 17.9 Å². The van der Waals surface area contributed by atoms with E-state index in [1.165, 1.54) is 6.07 Å². The molecule has 2 aromatic carbocycles. The van der Waals surface area contributed by atoms with Gasteiger partial charge in [-0.2, -0.15) is 13.2 Å². The molecule has 3 aliphatic heterocycles. The van der Waals surface area contributed by atoms with Gasteiger partial charge in [-0.15, -0.1) is 0 Å². The lowest BCUT2D eigenvalue weighted by atomic mass is 9.62. The first-order valence-corrected chi connectivity index (χ1v) is 14.9. The quantitative estimate of drug-likeness (QED) is 0.310. The molecular weight excluding hydrogens is 646 g/mol. The first kappa shape index (κ1) is 34.9. The number of rotatable bonds is 6. The molecule has 0 aromatic heterocycles. The van der Waals surface area contributed by atoms with Crippen molar-refractivity contribution >= 4 is 46.7 Å². The molecule has 45 heavy (non-hydrogen) atoms. The van der Waals surface area contributed by atoms with Crippen LogP contribution in [0.2, 0.25) is 10.0 Å². The second kappa shape index (κ2) is 13.0. The number of carboxylic acid groups (broad SMARTS) is 1. The Hall–Kier alpha value is -3.00. The molecule has 0 aliphatic carbocycles. The number of hydrogen-bond donors (Lipinski definition) is 4. The van der Waals surface area contributed by atoms with E-state index in [-0.39, 0.29) is 33.9 Å². The Bertz CT molecular complexity index is 1460. The number of nitrogens with one attached hydrogen (secondary N) is 3. The minimum Gasteiger partial charge on any atom is -0.475 e. The van der Waals surface area contributed by atoms with Crippen LogP contribution in [0.15, 0.2) is 36.4 Å². The van der Waals surface area contributed by atoms with E-state index in [2.05, 4.69) is 36.7 Å². The van der Waals surface area contributed by atoms with E-state index in [1.807, 2.05) is 4.90 Å². The van der Waals surface area contributed by atoms with Gasteiger partial charge in [0.2, 0.25) is 11.8 Å². The number of likely N-dealkylation sites (tertiary alicyclic amines) is 1. The Balaban J connectivity index is 0.000000591. The van der Waals surface area contributed by atoms with Crippen LogP contribution in [0.5, 0.6) is 0 Å². The Morgan fingerprint density at radius 2 is 1.78 bits per heavy atom. The average molecular weight is 680 g/mol. The third-order valence-electron chi connectivity index (χ3n) is 8.17. The second-order valence-electron chi connectivity index (χ2n) is 12.6. The smallest absolute Gasteiger partial charge is 0.475 e. The average Bonchev–Trinajstić information content (AvgIpc) is 3.37. The molecule has 15 heteroatoms. The molecule has 246 valence electrons. The molecule has 0 radical (unpaired) electrons. The summed E-state index contributed by atoms with van der Waals surface area (Å²) in [5.74, 6) is -4.94. The van der Waals surface area contributed by atoms with Crippen molar-refractivity contribution in [2.45, 2.75) is 62.8 Å². The molecule has 2 fully saturated rings. The zero-order valence-electron chi connectivity index (χ0n) is 24.6. The number of hydrogen-bond acceptors (Lipinski definition) is 5. The highest BCUT2D eigenvalue weighted by molar-refractivity contribution is 6.31. The molecule has 8 nitrogen and oxygen atoms in total. The third kappa shape index (κ3) is 7.06. The number of amides is 2. The summed E-state index contributed by atoms with van der Waals surface area (Å²) in [5, 5.41) is 17.0. The minimum atomic E-state index is -5.08. The number of carbonyl (C=O) groups is 3. The number of carbonyl (C=O) groups excluding carboxylic acids is 2. The number of aliphatic carboxylic acids is 1. The number of nitrogens with zero attached hydrogens (tertiary/aromatic N) is 1. The highest BCUT2D eigenvalue weighted by Crippen LogP contribution is 2.57. The summed E-state index contributed by atoms with van der Waals surface area (Å²) in [4.78, 5) is 38.7. The van der Waals surface area contributed by atoms with Crippen molar-refractivity contribution in [3.63, 3.8) is 0 Å². The molecule has 2 aromatic rings. The number of benzene rings is 2. The molecule has 0 bridgehead atoms. The van der Waals surface area contributed by atoms with Crippen molar-refractivity contribution in [2.75, 3.05) is 31.6 Å². The van der Waals surface area contributed by atoms with Crippen molar-refractivity contribution in [2.24, 2.45) is 5.41 Å². The number of fused-ring (bicyclic) bond motifs is 2. The Labute approximate surface area is 266 Å². The molecular formula is C30H33Cl2F5N4O4. The largest absolute Gasteiger partial charge is 0.490 e. The maximum atomic E-state index is 15.7. The highest BCUT2D eigenvalue weighted by atomic mass is 35.5. The van der Waals surface area contributed by atoms with Gasteiger partial charge in [-0.1, -0.05) is 62.2 Å². The van der Waals surface area contributed by atoms with Crippen molar-refractivity contribution in [1.82, 2.24) is 15.5 Å². The van der Waals surface area contributed by atoms with Crippen LogP contribution in [0, 0.1) is 11.2 Å². The van der Waals surface area contributed by atoms with Crippen molar-refractivity contribution < 1.29 is 41.4 Å². The lowest BCUT2D eigenvalue weighted by Crippen LogP contribution is -2.62. The van der Waals surface area contributed by atoms with E-state index < -0.39 is 48.1 Å². The van der Waals surface area contributed by atoms with Crippen LogP contribution < -0.4 is 16.0 Å². The maximum absolute atomic E-state index is 15.7. The first-order valence-electron chi connectivity index (χ1n) is 14.1. The van der Waals surface area contributed by atoms with E-state index in [0.717, 1.165) is 0 Å². The fraction of sp³-hybridized carbons (Fsp3) is 0.500. The standard InChI is InChI=1S/C28H32Cl2F2N4O2.C2HF3O2/c1-27(2,3)12-21-28(18-8-7-15(29)11-20(18)34-26(28)38)22(17-5-4-6-19(30)23(17)32)24(35-21)25(37)33-16-13-36(14-16)10-9-31;3-2(4,5)1(6)7/h4-8,11,16,21-22,24,35H,9-10,12-14H2,1-3H3,(H,33,37)(H,34,38);(H,6,7)/t21-,22+,24-,28+;/m1./s1. The van der Waals surface area contributed by atoms with Crippen LogP contribution in [-0.2, 0) is 19.8 Å². The van der Waals surface area contributed by atoms with Crippen molar-refractivity contribution in [1.29, 1.82) is 0 Å². The number of carboxylic acids is 1. The summed E-state index contributed by atoms with van der Waals surface area (Å²) in [6, 6.07) is 8.32. The van der Waals surface area contributed by atoms with Gasteiger partial charge in [-0.25, -0.2) is 13.6 Å². The topological polar surface area (TPSA) is 111 Å². The Morgan fingerprint density at radius 3 is 2.36 bits per heavy atom. The highest BCUT2D eigenvalue weighted by Gasteiger charge is 2.66. The Kier molecular flexibility index (Phi) is 10.1. The lowest BCUT2D eigenvalue weighted by Gasteiger charge is -2.40. The van der Waals surface area contributed by atoms with Crippen LogP contribution in [-0.4, -0.2) is 78.4 Å². The molecule has 4 atom stereocenters. The monoisotopic (exact) mass is 678 g/mol. The zero-order chi connectivity index (χ0) is 33.5. The molecule has 3 heterocycles. The molecule has 5 rings (SSSR count). The predicted octanol–water partition coefficient (Wildman–Crippen LogP) is 5.29. The fourth-order valence-corrected chi connectivity index (χ4v) is 6.76. The van der Waals surface area contributed by atoms with Gasteiger partial charge in [-0.3, -0.25) is 14.5 Å². The van der Waals surface area contributed by atoms with Crippen LogP contribution in [0.4, 0.5) is 27.6 Å². The molecule has 4 N–H and O–H groups in total. The molecule has 1 spiro atoms. The van der Waals surface area contributed by atoms with Crippen molar-refractivity contribution in [3.8, 4) is 0 Å². The van der Waals surface area contributed by atoms with Crippen LogP contribution in [0.1, 0.15) is 44.2 Å². The van der Waals surface area contributed by atoms with Crippen LogP contribution >= 0.6 is 23.2 Å². The fourth-order valence-electron chi connectivity index (χ4n) is 6.41. The van der Waals surface area contributed by atoms with Gasteiger partial charge in [0.15, 0.2) is 0 Å². The van der Waals surface area contributed by atoms with E-state index in [9.17, 15) is 27.2 Å². The summed E-state index contributed by atoms with van der Waals surface area (Å²) < 4.78 is 60.2. The van der Waals surface area contributed by atoms with Crippen LogP contribution in [0.3, 0.4) is 0 Å². The summed E-state index contributed by atoms with van der Waals surface area (Å²) in [7, 11) is 0. The normalized spacial score (nSPS) is 24.8. The van der Waals surface area contributed by atoms with Crippen molar-refractivity contribution in [3.05, 3.63) is 63.4 Å².